The number of carbonyl (C=O) groups excluding carboxylic acids is 2. The molecule has 0 fully saturated rings. The maximum absolute atomic E-state index is 13.0. The molecule has 0 radical (unpaired) electrons. The minimum Gasteiger partial charge on any atom is -0.508 e. The van der Waals surface area contributed by atoms with E-state index in [2.05, 4.69) is 55.3 Å². The van der Waals surface area contributed by atoms with Gasteiger partial charge in [0, 0.05) is 44.0 Å². The molecule has 0 saturated carbocycles. The smallest absolute Gasteiger partial charge is 0.246 e. The van der Waals surface area contributed by atoms with E-state index in [0.29, 0.717) is 13.0 Å². The molecule has 0 aliphatic heterocycles. The number of nitrogens with one attached hydrogen (secondary N) is 1. The van der Waals surface area contributed by atoms with Gasteiger partial charge in [-0.3, -0.25) is 19.5 Å². The van der Waals surface area contributed by atoms with E-state index in [9.17, 15) is 14.7 Å². The number of rotatable bonds is 10. The highest BCUT2D eigenvalue weighted by Gasteiger charge is 2.24. The van der Waals surface area contributed by atoms with E-state index < -0.39 is 11.9 Å². The van der Waals surface area contributed by atoms with Crippen molar-refractivity contribution in [2.75, 3.05) is 18.4 Å². The molecule has 2 heterocycles. The van der Waals surface area contributed by atoms with Crippen LogP contribution in [0.4, 0.5) is 5.82 Å². The normalized spacial score (nSPS) is 12.1. The number of imide groups is 1. The van der Waals surface area contributed by atoms with Gasteiger partial charge >= 0.3 is 0 Å². The summed E-state index contributed by atoms with van der Waals surface area (Å²) in [5.41, 5.74) is 10.9. The maximum atomic E-state index is 13.0. The number of phenolic OH excluding ortho intramolecular Hbond substituents is 1. The van der Waals surface area contributed by atoms with Gasteiger partial charge in [0.15, 0.2) is 0 Å². The Bertz CT molecular complexity index is 1460. The van der Waals surface area contributed by atoms with Gasteiger partial charge in [-0.2, -0.15) is 5.10 Å². The van der Waals surface area contributed by atoms with Gasteiger partial charge in [-0.15, -0.1) is 0 Å². The first-order valence-corrected chi connectivity index (χ1v) is 13.7. The van der Waals surface area contributed by atoms with E-state index in [4.69, 9.17) is 10.8 Å². The molecular weight excluding hydrogens is 516 g/mol. The summed E-state index contributed by atoms with van der Waals surface area (Å²) < 4.78 is 1.86. The second kappa shape index (κ2) is 12.8. The molecule has 214 valence electrons. The molecule has 4 rings (SSSR count). The molecule has 0 aliphatic rings. The van der Waals surface area contributed by atoms with E-state index >= 15 is 0 Å². The number of nitrogens with zero attached hydrogens (tertiary/aromatic N) is 4. The van der Waals surface area contributed by atoms with Gasteiger partial charge in [-0.25, -0.2) is 4.68 Å². The molecule has 9 heteroatoms. The van der Waals surface area contributed by atoms with Crippen molar-refractivity contribution >= 4 is 17.6 Å². The average molecular weight is 555 g/mol. The minimum absolute atomic E-state index is 0.0402. The SMILES string of the molecule is CC(=O)N(CCCNc1cc(-c2ccncc2)nn1-c1ccc(C(C)(C)C)cc1)C(=O)[C@@H](N)Cc1ccc(O)cc1. The number of phenols is 1. The lowest BCUT2D eigenvalue weighted by Gasteiger charge is -2.23. The monoisotopic (exact) mass is 554 g/mol. The van der Waals surface area contributed by atoms with Crippen molar-refractivity contribution in [3.05, 3.63) is 90.3 Å². The minimum atomic E-state index is -0.864. The fourth-order valence-corrected chi connectivity index (χ4v) is 4.52. The highest BCUT2D eigenvalue weighted by Crippen LogP contribution is 2.27. The Morgan fingerprint density at radius 1 is 1.02 bits per heavy atom. The van der Waals surface area contributed by atoms with Crippen molar-refractivity contribution in [2.45, 2.75) is 52.0 Å². The number of pyridine rings is 1. The molecular formula is C32H38N6O3. The average Bonchev–Trinajstić information content (AvgIpc) is 3.38. The first kappa shape index (κ1) is 29.5. The molecule has 2 amide bonds. The topological polar surface area (TPSA) is 126 Å². The van der Waals surface area contributed by atoms with Gasteiger partial charge in [0.2, 0.25) is 11.8 Å². The molecule has 0 saturated heterocycles. The zero-order chi connectivity index (χ0) is 29.6. The second-order valence-electron chi connectivity index (χ2n) is 11.1. The lowest BCUT2D eigenvalue weighted by atomic mass is 9.87. The Balaban J connectivity index is 1.45. The van der Waals surface area contributed by atoms with E-state index in [1.54, 1.807) is 36.7 Å². The Morgan fingerprint density at radius 2 is 1.68 bits per heavy atom. The van der Waals surface area contributed by atoms with Crippen LogP contribution in [0.5, 0.6) is 5.75 Å². The van der Waals surface area contributed by atoms with Gasteiger partial charge < -0.3 is 16.2 Å². The fourth-order valence-electron chi connectivity index (χ4n) is 4.52. The van der Waals surface area contributed by atoms with Crippen LogP contribution in [0.1, 0.15) is 45.2 Å². The maximum Gasteiger partial charge on any atom is 0.246 e. The van der Waals surface area contributed by atoms with Gasteiger partial charge in [0.05, 0.1) is 17.4 Å². The summed E-state index contributed by atoms with van der Waals surface area (Å²) in [6.07, 6.45) is 4.26. The molecule has 2 aromatic carbocycles. The van der Waals surface area contributed by atoms with E-state index in [-0.39, 0.29) is 30.0 Å². The highest BCUT2D eigenvalue weighted by atomic mass is 16.3. The molecule has 1 atom stereocenters. The molecule has 41 heavy (non-hydrogen) atoms. The number of amides is 2. The zero-order valence-corrected chi connectivity index (χ0v) is 24.0. The number of hydrogen-bond donors (Lipinski definition) is 3. The van der Waals surface area contributed by atoms with Crippen LogP contribution < -0.4 is 11.1 Å². The highest BCUT2D eigenvalue weighted by molar-refractivity contribution is 5.96. The number of benzene rings is 2. The summed E-state index contributed by atoms with van der Waals surface area (Å²) in [4.78, 5) is 30.6. The summed E-state index contributed by atoms with van der Waals surface area (Å²) in [5, 5.41) is 17.8. The number of nitrogens with two attached hydrogens (primary N) is 1. The largest absolute Gasteiger partial charge is 0.508 e. The standard InChI is InChI=1S/C32H38N6O3/c1-22(39)37(31(41)28(33)20-23-6-12-27(40)13-7-23)19-5-16-35-30-21-29(24-14-17-34-18-15-24)36-38(30)26-10-8-25(9-11-26)32(2,3)4/h6-15,17-18,21,28,35,40H,5,16,19-20,33H2,1-4H3/t28-/m0/s1. The molecule has 0 bridgehead atoms. The molecule has 0 unspecified atom stereocenters. The summed E-state index contributed by atoms with van der Waals surface area (Å²) in [7, 11) is 0. The third-order valence-corrected chi connectivity index (χ3v) is 6.88. The van der Waals surface area contributed by atoms with Gasteiger partial charge in [-0.05, 0) is 65.8 Å². The van der Waals surface area contributed by atoms with Crippen LogP contribution in [-0.2, 0) is 21.4 Å². The van der Waals surface area contributed by atoms with Crippen LogP contribution >= 0.6 is 0 Å². The number of hydrogen-bond acceptors (Lipinski definition) is 7. The molecule has 0 spiro atoms. The van der Waals surface area contributed by atoms with Crippen molar-refractivity contribution < 1.29 is 14.7 Å². The van der Waals surface area contributed by atoms with Gasteiger partial charge in [0.1, 0.15) is 11.6 Å². The van der Waals surface area contributed by atoms with Gasteiger partial charge in [0.25, 0.3) is 0 Å². The van der Waals surface area contributed by atoms with Crippen molar-refractivity contribution in [2.24, 2.45) is 5.73 Å². The Hall–Kier alpha value is -4.50. The molecule has 2 aromatic heterocycles. The summed E-state index contributed by atoms with van der Waals surface area (Å²) in [6.45, 7) is 8.65. The number of anilines is 1. The van der Waals surface area contributed by atoms with Crippen molar-refractivity contribution in [3.63, 3.8) is 0 Å². The lowest BCUT2D eigenvalue weighted by molar-refractivity contribution is -0.144. The molecule has 4 aromatic rings. The Morgan fingerprint density at radius 3 is 2.29 bits per heavy atom. The van der Waals surface area contributed by atoms with Crippen LogP contribution in [0, 0.1) is 0 Å². The third kappa shape index (κ3) is 7.58. The summed E-state index contributed by atoms with van der Waals surface area (Å²) >= 11 is 0. The zero-order valence-electron chi connectivity index (χ0n) is 24.0. The molecule has 4 N–H and O–H groups in total. The second-order valence-corrected chi connectivity index (χ2v) is 11.1. The van der Waals surface area contributed by atoms with Crippen LogP contribution in [0.15, 0.2) is 79.1 Å². The van der Waals surface area contributed by atoms with Gasteiger partial charge in [-0.1, -0.05) is 45.0 Å². The van der Waals surface area contributed by atoms with Crippen molar-refractivity contribution in [3.8, 4) is 22.7 Å². The first-order valence-electron chi connectivity index (χ1n) is 13.7. The van der Waals surface area contributed by atoms with Crippen LogP contribution in [0.25, 0.3) is 16.9 Å². The van der Waals surface area contributed by atoms with Crippen LogP contribution in [-0.4, -0.2) is 55.7 Å². The van der Waals surface area contributed by atoms with E-state index in [0.717, 1.165) is 28.3 Å². The lowest BCUT2D eigenvalue weighted by Crippen LogP contribution is -2.47. The summed E-state index contributed by atoms with van der Waals surface area (Å²) in [5.74, 6) is 0.169. The van der Waals surface area contributed by atoms with E-state index in [1.807, 2.05) is 22.9 Å². The Kier molecular flexibility index (Phi) is 9.19. The van der Waals surface area contributed by atoms with Crippen molar-refractivity contribution in [1.29, 1.82) is 0 Å². The fraction of sp³-hybridized carbons (Fsp3) is 0.312. The van der Waals surface area contributed by atoms with E-state index in [1.165, 1.54) is 17.4 Å². The van der Waals surface area contributed by atoms with Crippen molar-refractivity contribution in [1.82, 2.24) is 19.7 Å². The number of aromatic hydroxyl groups is 1. The van der Waals surface area contributed by atoms with Crippen LogP contribution in [0.2, 0.25) is 0 Å². The summed E-state index contributed by atoms with van der Waals surface area (Å²) in [6, 6.07) is 19.8. The third-order valence-electron chi connectivity index (χ3n) is 6.88. The van der Waals surface area contributed by atoms with Crippen LogP contribution in [0.3, 0.4) is 0 Å². The Labute approximate surface area is 241 Å². The number of carbonyl (C=O) groups is 2. The first-order chi connectivity index (χ1) is 19.5. The molecule has 0 aliphatic carbocycles. The predicted molar refractivity (Wildman–Crippen MR) is 161 cm³/mol. The number of aromatic nitrogens is 3. The predicted octanol–water partition coefficient (Wildman–Crippen LogP) is 4.68. The quantitative estimate of drug-likeness (QED) is 0.243. The molecule has 9 nitrogen and oxygen atoms in total.